The molecule has 1 rings (SSSR count). The van der Waals surface area contributed by atoms with Crippen molar-refractivity contribution in [1.29, 1.82) is 0 Å². The van der Waals surface area contributed by atoms with E-state index >= 15 is 0 Å². The van der Waals surface area contributed by atoms with Gasteiger partial charge in [0.2, 0.25) is 0 Å². The number of benzene rings is 1. The highest BCUT2D eigenvalue weighted by molar-refractivity contribution is 7.80. The minimum absolute atomic E-state index is 0.0509. The molecule has 0 spiro atoms. The molecule has 0 atom stereocenters. The highest BCUT2D eigenvalue weighted by atomic mass is 32.1. The summed E-state index contributed by atoms with van der Waals surface area (Å²) in [4.78, 5) is 0. The molecule has 16 heavy (non-hydrogen) atoms. The van der Waals surface area contributed by atoms with Crippen LogP contribution in [0.4, 0.5) is 13.2 Å². The molecule has 0 unspecified atom stereocenters. The average Bonchev–Trinajstić information content (AvgIpc) is 2.25. The number of hydrogen-bond donors (Lipinski definition) is 2. The Balaban J connectivity index is 2.84. The molecule has 0 radical (unpaired) electrons. The predicted molar refractivity (Wildman–Crippen MR) is 59.9 cm³/mol. The monoisotopic (exact) mass is 248 g/mol. The zero-order chi connectivity index (χ0) is 12.2. The molecule has 0 bridgehead atoms. The van der Waals surface area contributed by atoms with E-state index in [1.807, 2.05) is 0 Å². The van der Waals surface area contributed by atoms with Crippen molar-refractivity contribution in [2.75, 3.05) is 7.05 Å². The lowest BCUT2D eigenvalue weighted by molar-refractivity contribution is -0.138. The highest BCUT2D eigenvalue weighted by Gasteiger charge is 2.32. The van der Waals surface area contributed by atoms with Gasteiger partial charge in [0.05, 0.1) is 5.56 Å². The van der Waals surface area contributed by atoms with Crippen LogP contribution in [0, 0.1) is 0 Å². The van der Waals surface area contributed by atoms with E-state index in [0.29, 0.717) is 5.11 Å². The van der Waals surface area contributed by atoms with Crippen molar-refractivity contribution < 1.29 is 13.2 Å². The zero-order valence-corrected chi connectivity index (χ0v) is 9.38. The number of hydrogen-bond acceptors (Lipinski definition) is 1. The Morgan fingerprint density at radius 2 is 1.94 bits per heavy atom. The lowest BCUT2D eigenvalue weighted by atomic mass is 10.1. The summed E-state index contributed by atoms with van der Waals surface area (Å²) in [6, 6.07) is 5.41. The van der Waals surface area contributed by atoms with E-state index < -0.39 is 11.7 Å². The Morgan fingerprint density at radius 3 is 2.50 bits per heavy atom. The topological polar surface area (TPSA) is 24.1 Å². The first kappa shape index (κ1) is 12.8. The van der Waals surface area contributed by atoms with Gasteiger partial charge in [-0.3, -0.25) is 0 Å². The smallest absolute Gasteiger partial charge is 0.366 e. The fraction of sp³-hybridized carbons (Fsp3) is 0.300. The summed E-state index contributed by atoms with van der Waals surface area (Å²) < 4.78 is 37.7. The maximum absolute atomic E-state index is 12.6. The molecule has 0 aliphatic rings. The van der Waals surface area contributed by atoms with Crippen molar-refractivity contribution in [3.05, 3.63) is 35.4 Å². The lowest BCUT2D eigenvalue weighted by Gasteiger charge is -2.13. The fourth-order valence-corrected chi connectivity index (χ4v) is 1.29. The van der Waals surface area contributed by atoms with Gasteiger partial charge in [-0.2, -0.15) is 13.2 Å². The van der Waals surface area contributed by atoms with Crippen molar-refractivity contribution in [2.45, 2.75) is 12.7 Å². The van der Waals surface area contributed by atoms with Crippen molar-refractivity contribution in [3.8, 4) is 0 Å². The second kappa shape index (κ2) is 5.16. The van der Waals surface area contributed by atoms with Crippen molar-refractivity contribution in [3.63, 3.8) is 0 Å². The normalized spacial score (nSPS) is 11.0. The number of nitrogens with one attached hydrogen (secondary N) is 2. The second-order valence-corrected chi connectivity index (χ2v) is 3.50. The van der Waals surface area contributed by atoms with E-state index in [0.717, 1.165) is 6.07 Å². The van der Waals surface area contributed by atoms with E-state index in [-0.39, 0.29) is 12.1 Å². The molecular weight excluding hydrogens is 237 g/mol. The van der Waals surface area contributed by atoms with Gasteiger partial charge in [-0.15, -0.1) is 0 Å². The first-order chi connectivity index (χ1) is 7.45. The summed E-state index contributed by atoms with van der Waals surface area (Å²) in [5.41, 5.74) is -0.464. The Bertz CT molecular complexity index is 377. The number of thiocarbonyl (C=S) groups is 1. The SMILES string of the molecule is CNC(=S)NCc1ccccc1C(F)(F)F. The molecule has 1 aromatic carbocycles. The Labute approximate surface area is 96.8 Å². The van der Waals surface area contributed by atoms with Gasteiger partial charge < -0.3 is 10.6 Å². The molecule has 88 valence electrons. The molecule has 0 saturated heterocycles. The Morgan fingerprint density at radius 1 is 1.31 bits per heavy atom. The van der Waals surface area contributed by atoms with Crippen LogP contribution in [-0.2, 0) is 12.7 Å². The van der Waals surface area contributed by atoms with E-state index in [4.69, 9.17) is 12.2 Å². The van der Waals surface area contributed by atoms with Crippen LogP contribution >= 0.6 is 12.2 Å². The number of halogens is 3. The van der Waals surface area contributed by atoms with Crippen molar-refractivity contribution in [1.82, 2.24) is 10.6 Å². The quantitative estimate of drug-likeness (QED) is 0.785. The molecule has 0 aliphatic carbocycles. The average molecular weight is 248 g/mol. The van der Waals surface area contributed by atoms with Crippen LogP contribution in [0.15, 0.2) is 24.3 Å². The van der Waals surface area contributed by atoms with Gasteiger partial charge >= 0.3 is 6.18 Å². The minimum Gasteiger partial charge on any atom is -0.366 e. The molecular formula is C10H11F3N2S. The number of alkyl halides is 3. The van der Waals surface area contributed by atoms with Gasteiger partial charge in [-0.1, -0.05) is 18.2 Å². The Hall–Kier alpha value is -1.30. The zero-order valence-electron chi connectivity index (χ0n) is 8.56. The van der Waals surface area contributed by atoms with Crippen LogP contribution in [0.25, 0.3) is 0 Å². The molecule has 2 N–H and O–H groups in total. The van der Waals surface area contributed by atoms with Gasteiger partial charge in [0.25, 0.3) is 0 Å². The van der Waals surface area contributed by atoms with E-state index in [1.165, 1.54) is 12.1 Å². The molecule has 6 heteroatoms. The van der Waals surface area contributed by atoms with E-state index in [9.17, 15) is 13.2 Å². The fourth-order valence-electron chi connectivity index (χ4n) is 1.21. The molecule has 0 amide bonds. The summed E-state index contributed by atoms with van der Waals surface area (Å²) in [6.07, 6.45) is -4.33. The van der Waals surface area contributed by atoms with Gasteiger partial charge in [0, 0.05) is 13.6 Å². The first-order valence-corrected chi connectivity index (χ1v) is 4.96. The predicted octanol–water partition coefficient (Wildman–Crippen LogP) is 2.30. The van der Waals surface area contributed by atoms with Crippen molar-refractivity contribution >= 4 is 17.3 Å². The largest absolute Gasteiger partial charge is 0.416 e. The second-order valence-electron chi connectivity index (χ2n) is 3.09. The summed E-state index contributed by atoms with van der Waals surface area (Å²) in [5, 5.41) is 5.63. The van der Waals surface area contributed by atoms with Gasteiger partial charge in [-0.25, -0.2) is 0 Å². The van der Waals surface area contributed by atoms with Crippen LogP contribution in [0.1, 0.15) is 11.1 Å². The van der Waals surface area contributed by atoms with Gasteiger partial charge in [-0.05, 0) is 23.8 Å². The van der Waals surface area contributed by atoms with E-state index in [1.54, 1.807) is 13.1 Å². The molecule has 2 nitrogen and oxygen atoms in total. The Kier molecular flexibility index (Phi) is 4.12. The molecule has 0 fully saturated rings. The standard InChI is InChI=1S/C10H11F3N2S/c1-14-9(16)15-6-7-4-2-3-5-8(7)10(11,12)13/h2-5H,6H2,1H3,(H2,14,15,16). The minimum atomic E-state index is -4.33. The van der Waals surface area contributed by atoms with Gasteiger partial charge in [0.1, 0.15) is 0 Å². The van der Waals surface area contributed by atoms with Gasteiger partial charge in [0.15, 0.2) is 5.11 Å². The highest BCUT2D eigenvalue weighted by Crippen LogP contribution is 2.31. The summed E-state index contributed by atoms with van der Waals surface area (Å²) in [6.45, 7) is 0.0509. The van der Waals surface area contributed by atoms with Crippen LogP contribution in [0.5, 0.6) is 0 Å². The van der Waals surface area contributed by atoms with Crippen molar-refractivity contribution in [2.24, 2.45) is 0 Å². The molecule has 1 aromatic rings. The lowest BCUT2D eigenvalue weighted by Crippen LogP contribution is -2.32. The van der Waals surface area contributed by atoms with Crippen LogP contribution in [0.3, 0.4) is 0 Å². The summed E-state index contributed by atoms with van der Waals surface area (Å²) >= 11 is 4.79. The van der Waals surface area contributed by atoms with Crippen LogP contribution in [0.2, 0.25) is 0 Å². The van der Waals surface area contributed by atoms with Crippen LogP contribution < -0.4 is 10.6 Å². The summed E-state index contributed by atoms with van der Waals surface area (Å²) in [7, 11) is 1.60. The molecule has 0 aliphatic heterocycles. The van der Waals surface area contributed by atoms with Crippen LogP contribution in [-0.4, -0.2) is 12.2 Å². The maximum Gasteiger partial charge on any atom is 0.416 e. The third-order valence-corrected chi connectivity index (χ3v) is 2.34. The molecule has 0 saturated carbocycles. The first-order valence-electron chi connectivity index (χ1n) is 4.56. The molecule has 0 heterocycles. The number of rotatable bonds is 2. The molecule has 0 aromatic heterocycles. The summed E-state index contributed by atoms with van der Waals surface area (Å²) in [5.74, 6) is 0. The maximum atomic E-state index is 12.6. The van der Waals surface area contributed by atoms with E-state index in [2.05, 4.69) is 10.6 Å². The third-order valence-electron chi connectivity index (χ3n) is 1.99. The third kappa shape index (κ3) is 3.37.